The molecule has 1 aliphatic heterocycles. The summed E-state index contributed by atoms with van der Waals surface area (Å²) in [6.45, 7) is 7.65. The minimum absolute atomic E-state index is 0.368. The van der Waals surface area contributed by atoms with Crippen molar-refractivity contribution in [2.75, 3.05) is 20.1 Å². The normalized spacial score (nSPS) is 19.4. The van der Waals surface area contributed by atoms with Crippen LogP contribution in [0.5, 0.6) is 0 Å². The number of hydrogen-bond donors (Lipinski definition) is 1. The third kappa shape index (κ3) is 2.75. The number of hydrogen-bond acceptors (Lipinski definition) is 2. The van der Waals surface area contributed by atoms with Crippen molar-refractivity contribution in [2.24, 2.45) is 5.92 Å². The summed E-state index contributed by atoms with van der Waals surface area (Å²) in [7, 11) is 2.17. The maximum Gasteiger partial charge on any atom is 0.335 e. The minimum Gasteiger partial charge on any atom is -0.478 e. The molecule has 4 heteroatoms. The zero-order valence-electron chi connectivity index (χ0n) is 13.5. The summed E-state index contributed by atoms with van der Waals surface area (Å²) in [6, 6.07) is 5.50. The molecular weight excluding hydrogens is 276 g/mol. The molecule has 2 aromatic rings. The SMILES string of the molecule is CC(C)c1cn(C[C@@H]2CCN(C)C2)c2ccc(C(=O)O)cc12. The minimum atomic E-state index is -0.859. The van der Waals surface area contributed by atoms with Crippen LogP contribution in [-0.2, 0) is 6.54 Å². The van der Waals surface area contributed by atoms with Crippen LogP contribution >= 0.6 is 0 Å². The number of aromatic carboxylic acids is 1. The van der Waals surface area contributed by atoms with Gasteiger partial charge in [-0.1, -0.05) is 13.8 Å². The quantitative estimate of drug-likeness (QED) is 0.941. The molecule has 0 spiro atoms. The number of likely N-dealkylation sites (tertiary alicyclic amines) is 1. The molecule has 1 aromatic carbocycles. The van der Waals surface area contributed by atoms with Gasteiger partial charge in [-0.15, -0.1) is 0 Å². The van der Waals surface area contributed by atoms with Gasteiger partial charge in [-0.2, -0.15) is 0 Å². The largest absolute Gasteiger partial charge is 0.478 e. The number of aromatic nitrogens is 1. The third-order valence-corrected chi connectivity index (χ3v) is 4.72. The lowest BCUT2D eigenvalue weighted by molar-refractivity contribution is 0.0697. The van der Waals surface area contributed by atoms with Crippen molar-refractivity contribution >= 4 is 16.9 Å². The van der Waals surface area contributed by atoms with Crippen molar-refractivity contribution < 1.29 is 9.90 Å². The average molecular weight is 300 g/mol. The summed E-state index contributed by atoms with van der Waals surface area (Å²) in [6.07, 6.45) is 3.46. The maximum atomic E-state index is 11.2. The van der Waals surface area contributed by atoms with Crippen LogP contribution in [0.1, 0.15) is 42.1 Å². The van der Waals surface area contributed by atoms with E-state index in [1.807, 2.05) is 12.1 Å². The predicted octanol–water partition coefficient (Wildman–Crippen LogP) is 3.41. The highest BCUT2D eigenvalue weighted by atomic mass is 16.4. The van der Waals surface area contributed by atoms with Crippen molar-refractivity contribution in [3.63, 3.8) is 0 Å². The third-order valence-electron chi connectivity index (χ3n) is 4.72. The van der Waals surface area contributed by atoms with E-state index in [0.29, 0.717) is 17.4 Å². The van der Waals surface area contributed by atoms with Crippen LogP contribution in [0.4, 0.5) is 0 Å². The molecular formula is C18H24N2O2. The Labute approximate surface area is 131 Å². The van der Waals surface area contributed by atoms with Gasteiger partial charge in [-0.25, -0.2) is 4.79 Å². The van der Waals surface area contributed by atoms with Crippen LogP contribution in [0, 0.1) is 5.92 Å². The van der Waals surface area contributed by atoms with Gasteiger partial charge in [0.2, 0.25) is 0 Å². The maximum absolute atomic E-state index is 11.2. The number of rotatable bonds is 4. The van der Waals surface area contributed by atoms with E-state index in [9.17, 15) is 9.90 Å². The fourth-order valence-corrected chi connectivity index (χ4v) is 3.52. The van der Waals surface area contributed by atoms with Gasteiger partial charge < -0.3 is 14.6 Å². The summed E-state index contributed by atoms with van der Waals surface area (Å²) in [5.74, 6) is 0.209. The van der Waals surface area contributed by atoms with Gasteiger partial charge >= 0.3 is 5.97 Å². The molecule has 118 valence electrons. The highest BCUT2D eigenvalue weighted by Gasteiger charge is 2.21. The summed E-state index contributed by atoms with van der Waals surface area (Å²) >= 11 is 0. The van der Waals surface area contributed by atoms with Crippen molar-refractivity contribution in [2.45, 2.75) is 32.7 Å². The Morgan fingerprint density at radius 3 is 2.77 bits per heavy atom. The van der Waals surface area contributed by atoms with E-state index in [-0.39, 0.29) is 0 Å². The summed E-state index contributed by atoms with van der Waals surface area (Å²) in [4.78, 5) is 13.6. The first-order chi connectivity index (χ1) is 10.5. The molecule has 1 saturated heterocycles. The molecule has 0 unspecified atom stereocenters. The number of carboxylic acid groups (broad SMARTS) is 1. The smallest absolute Gasteiger partial charge is 0.335 e. The van der Waals surface area contributed by atoms with Gasteiger partial charge in [0.25, 0.3) is 0 Å². The summed E-state index contributed by atoms with van der Waals surface area (Å²) in [5, 5.41) is 10.3. The molecule has 0 aliphatic carbocycles. The molecule has 3 rings (SSSR count). The van der Waals surface area contributed by atoms with Crippen LogP contribution in [0.15, 0.2) is 24.4 Å². The van der Waals surface area contributed by atoms with E-state index in [1.54, 1.807) is 6.07 Å². The first-order valence-corrected chi connectivity index (χ1v) is 8.00. The van der Waals surface area contributed by atoms with E-state index in [2.05, 4.69) is 36.6 Å². The molecule has 0 saturated carbocycles. The monoisotopic (exact) mass is 300 g/mol. The van der Waals surface area contributed by atoms with Crippen molar-refractivity contribution in [3.05, 3.63) is 35.5 Å². The molecule has 1 N–H and O–H groups in total. The van der Waals surface area contributed by atoms with E-state index in [1.165, 1.54) is 18.5 Å². The number of carbonyl (C=O) groups is 1. The number of benzene rings is 1. The second-order valence-corrected chi connectivity index (χ2v) is 6.85. The highest BCUT2D eigenvalue weighted by molar-refractivity contribution is 5.95. The predicted molar refractivity (Wildman–Crippen MR) is 88.6 cm³/mol. The number of nitrogens with zero attached hydrogens (tertiary/aromatic N) is 2. The van der Waals surface area contributed by atoms with Crippen LogP contribution in [0.2, 0.25) is 0 Å². The van der Waals surface area contributed by atoms with Gasteiger partial charge in [0, 0.05) is 30.2 Å². The zero-order valence-corrected chi connectivity index (χ0v) is 13.5. The van der Waals surface area contributed by atoms with Crippen molar-refractivity contribution in [1.82, 2.24) is 9.47 Å². The zero-order chi connectivity index (χ0) is 15.9. The van der Waals surface area contributed by atoms with Crippen LogP contribution in [0.3, 0.4) is 0 Å². The van der Waals surface area contributed by atoms with Crippen molar-refractivity contribution in [1.29, 1.82) is 0 Å². The first-order valence-electron chi connectivity index (χ1n) is 8.00. The average Bonchev–Trinajstić information content (AvgIpc) is 3.03. The second kappa shape index (κ2) is 5.76. The molecule has 1 aromatic heterocycles. The Balaban J connectivity index is 2.01. The Bertz CT molecular complexity index is 702. The summed E-state index contributed by atoms with van der Waals surface area (Å²) < 4.78 is 2.32. The van der Waals surface area contributed by atoms with Gasteiger partial charge in [0.15, 0.2) is 0 Å². The number of fused-ring (bicyclic) bond motifs is 1. The molecule has 1 fully saturated rings. The van der Waals surface area contributed by atoms with E-state index < -0.39 is 5.97 Å². The van der Waals surface area contributed by atoms with Crippen molar-refractivity contribution in [3.8, 4) is 0 Å². The molecule has 0 amide bonds. The number of carboxylic acids is 1. The van der Waals surface area contributed by atoms with Crippen LogP contribution < -0.4 is 0 Å². The topological polar surface area (TPSA) is 45.5 Å². The van der Waals surface area contributed by atoms with E-state index in [0.717, 1.165) is 24.0 Å². The molecule has 22 heavy (non-hydrogen) atoms. The Morgan fingerprint density at radius 2 is 2.18 bits per heavy atom. The molecule has 4 nitrogen and oxygen atoms in total. The molecule has 1 atom stereocenters. The van der Waals surface area contributed by atoms with Gasteiger partial charge in [-0.05, 0) is 55.6 Å². The van der Waals surface area contributed by atoms with Gasteiger partial charge in [0.1, 0.15) is 0 Å². The molecule has 2 heterocycles. The Hall–Kier alpha value is -1.81. The lowest BCUT2D eigenvalue weighted by Gasteiger charge is -2.12. The fraction of sp³-hybridized carbons (Fsp3) is 0.500. The lowest BCUT2D eigenvalue weighted by Crippen LogP contribution is -2.16. The van der Waals surface area contributed by atoms with Gasteiger partial charge in [0.05, 0.1) is 5.56 Å². The summed E-state index contributed by atoms with van der Waals surface area (Å²) in [5.41, 5.74) is 2.76. The first kappa shape index (κ1) is 15.1. The Kier molecular flexibility index (Phi) is 3.96. The van der Waals surface area contributed by atoms with E-state index in [4.69, 9.17) is 0 Å². The molecule has 1 aliphatic rings. The standard InChI is InChI=1S/C18H24N2O2/c1-12(2)16-11-20(10-13-6-7-19(3)9-13)17-5-4-14(18(21)22)8-15(16)17/h4-5,8,11-13H,6-7,9-10H2,1-3H3,(H,21,22)/t13-/m1/s1. The highest BCUT2D eigenvalue weighted by Crippen LogP contribution is 2.30. The van der Waals surface area contributed by atoms with Crippen LogP contribution in [0.25, 0.3) is 10.9 Å². The lowest BCUT2D eigenvalue weighted by atomic mass is 10.0. The van der Waals surface area contributed by atoms with Gasteiger partial charge in [-0.3, -0.25) is 0 Å². The molecule has 0 bridgehead atoms. The second-order valence-electron chi connectivity index (χ2n) is 6.85. The molecule has 0 radical (unpaired) electrons. The Morgan fingerprint density at radius 1 is 1.41 bits per heavy atom. The van der Waals surface area contributed by atoms with E-state index >= 15 is 0 Å². The van der Waals surface area contributed by atoms with Crippen LogP contribution in [-0.4, -0.2) is 40.7 Å². The fourth-order valence-electron chi connectivity index (χ4n) is 3.52.